The van der Waals surface area contributed by atoms with Crippen LogP contribution >= 0.6 is 11.3 Å². The van der Waals surface area contributed by atoms with E-state index in [1.165, 1.54) is 44.9 Å². The predicted molar refractivity (Wildman–Crippen MR) is 81.1 cm³/mol. The van der Waals surface area contributed by atoms with Gasteiger partial charge in [0, 0.05) is 17.0 Å². The summed E-state index contributed by atoms with van der Waals surface area (Å²) in [7, 11) is 0. The Balaban J connectivity index is 1.93. The van der Waals surface area contributed by atoms with Crippen LogP contribution in [0.4, 0.5) is 0 Å². The summed E-state index contributed by atoms with van der Waals surface area (Å²) in [5.74, 6) is 0.907. The minimum absolute atomic E-state index is 0.637. The highest BCUT2D eigenvalue weighted by atomic mass is 32.1. The molecule has 0 bridgehead atoms. The van der Waals surface area contributed by atoms with Gasteiger partial charge in [0.25, 0.3) is 0 Å². The molecule has 1 saturated carbocycles. The second-order valence-corrected chi connectivity index (χ2v) is 6.60. The highest BCUT2D eigenvalue weighted by Gasteiger charge is 2.33. The zero-order chi connectivity index (χ0) is 12.8. The number of hydrogen-bond acceptors (Lipinski definition) is 2. The smallest absolute Gasteiger partial charge is 0.0445 e. The Morgan fingerprint density at radius 3 is 2.67 bits per heavy atom. The third-order valence-corrected chi connectivity index (χ3v) is 4.86. The summed E-state index contributed by atoms with van der Waals surface area (Å²) >= 11 is 1.92. The van der Waals surface area contributed by atoms with E-state index in [1.807, 2.05) is 11.3 Å². The lowest BCUT2D eigenvalue weighted by molar-refractivity contribution is 0.364. The molecule has 1 aromatic rings. The van der Waals surface area contributed by atoms with Crippen molar-refractivity contribution >= 4 is 11.3 Å². The van der Waals surface area contributed by atoms with Gasteiger partial charge in [-0.05, 0) is 43.0 Å². The Bertz CT molecular complexity index is 316. The first-order chi connectivity index (χ1) is 8.85. The normalized spacial score (nSPS) is 18.8. The van der Waals surface area contributed by atoms with Gasteiger partial charge in [0.2, 0.25) is 0 Å². The third kappa shape index (κ3) is 4.10. The van der Waals surface area contributed by atoms with Crippen molar-refractivity contribution in [1.82, 2.24) is 5.32 Å². The number of unbranched alkanes of at least 4 members (excludes halogenated alkanes) is 1. The second kappa shape index (κ2) is 7.30. The maximum Gasteiger partial charge on any atom is 0.0445 e. The standard InChI is InChI=1S/C16H27NS/c1-3-5-8-14(7-4-2)17-16(13-10-11-13)15-9-6-12-18-15/h6,9,12-14,16-17H,3-5,7-8,10-11H2,1-2H3. The van der Waals surface area contributed by atoms with Gasteiger partial charge in [0.15, 0.2) is 0 Å². The maximum atomic E-state index is 3.96. The Kier molecular flexibility index (Phi) is 5.71. The Morgan fingerprint density at radius 2 is 2.11 bits per heavy atom. The zero-order valence-electron chi connectivity index (χ0n) is 11.8. The van der Waals surface area contributed by atoms with Crippen LogP contribution in [-0.4, -0.2) is 6.04 Å². The van der Waals surface area contributed by atoms with Gasteiger partial charge in [0.05, 0.1) is 0 Å². The number of thiophene rings is 1. The van der Waals surface area contributed by atoms with Crippen molar-refractivity contribution in [2.75, 3.05) is 0 Å². The van der Waals surface area contributed by atoms with Crippen LogP contribution in [0.1, 0.15) is 69.7 Å². The van der Waals surface area contributed by atoms with Crippen molar-refractivity contribution < 1.29 is 0 Å². The lowest BCUT2D eigenvalue weighted by Gasteiger charge is -2.25. The largest absolute Gasteiger partial charge is 0.306 e. The summed E-state index contributed by atoms with van der Waals surface area (Å²) in [5, 5.41) is 6.18. The van der Waals surface area contributed by atoms with Crippen molar-refractivity contribution in [2.24, 2.45) is 5.92 Å². The molecule has 0 saturated heterocycles. The lowest BCUT2D eigenvalue weighted by Crippen LogP contribution is -2.33. The zero-order valence-corrected chi connectivity index (χ0v) is 12.6. The van der Waals surface area contributed by atoms with Gasteiger partial charge >= 0.3 is 0 Å². The molecule has 1 aliphatic carbocycles. The minimum Gasteiger partial charge on any atom is -0.306 e. The molecule has 1 aliphatic rings. The third-order valence-electron chi connectivity index (χ3n) is 3.90. The van der Waals surface area contributed by atoms with E-state index in [9.17, 15) is 0 Å². The van der Waals surface area contributed by atoms with Gasteiger partial charge in [-0.25, -0.2) is 0 Å². The Labute approximate surface area is 116 Å². The van der Waals surface area contributed by atoms with Crippen molar-refractivity contribution in [1.29, 1.82) is 0 Å². The molecule has 0 spiro atoms. The average Bonchev–Trinajstić information content (AvgIpc) is 3.07. The van der Waals surface area contributed by atoms with Crippen LogP contribution in [0.15, 0.2) is 17.5 Å². The topological polar surface area (TPSA) is 12.0 Å². The fraction of sp³-hybridized carbons (Fsp3) is 0.750. The number of hydrogen-bond donors (Lipinski definition) is 1. The summed E-state index contributed by atoms with van der Waals surface area (Å²) in [5.41, 5.74) is 0. The highest BCUT2D eigenvalue weighted by molar-refractivity contribution is 7.10. The van der Waals surface area contributed by atoms with Gasteiger partial charge in [-0.15, -0.1) is 11.3 Å². The first-order valence-electron chi connectivity index (χ1n) is 7.64. The lowest BCUT2D eigenvalue weighted by atomic mass is 10.0. The van der Waals surface area contributed by atoms with Gasteiger partial charge in [0.1, 0.15) is 0 Å². The SMILES string of the molecule is CCCCC(CCC)NC(c1cccs1)C1CC1. The first-order valence-corrected chi connectivity index (χ1v) is 8.52. The van der Waals surface area contributed by atoms with E-state index in [2.05, 4.69) is 36.7 Å². The summed E-state index contributed by atoms with van der Waals surface area (Å²) in [6.45, 7) is 4.60. The van der Waals surface area contributed by atoms with Crippen molar-refractivity contribution in [3.8, 4) is 0 Å². The molecular formula is C16H27NS. The summed E-state index contributed by atoms with van der Waals surface area (Å²) in [6.07, 6.45) is 9.48. The van der Waals surface area contributed by atoms with Crippen LogP contribution in [0.2, 0.25) is 0 Å². The minimum atomic E-state index is 0.637. The van der Waals surface area contributed by atoms with Crippen molar-refractivity contribution in [3.63, 3.8) is 0 Å². The fourth-order valence-corrected chi connectivity index (χ4v) is 3.59. The molecule has 1 aromatic heterocycles. The molecular weight excluding hydrogens is 238 g/mol. The molecule has 0 aromatic carbocycles. The van der Waals surface area contributed by atoms with Crippen LogP contribution in [0.25, 0.3) is 0 Å². The van der Waals surface area contributed by atoms with Crippen LogP contribution in [0.5, 0.6) is 0 Å². The molecule has 2 heteroatoms. The molecule has 1 fully saturated rings. The van der Waals surface area contributed by atoms with Gasteiger partial charge < -0.3 is 5.32 Å². The molecule has 102 valence electrons. The quantitative estimate of drug-likeness (QED) is 0.651. The van der Waals surface area contributed by atoms with Gasteiger partial charge in [-0.2, -0.15) is 0 Å². The molecule has 2 rings (SSSR count). The van der Waals surface area contributed by atoms with Gasteiger partial charge in [-0.3, -0.25) is 0 Å². The second-order valence-electron chi connectivity index (χ2n) is 5.63. The van der Waals surface area contributed by atoms with Crippen LogP contribution in [0, 0.1) is 5.92 Å². The van der Waals surface area contributed by atoms with Crippen molar-refractivity contribution in [3.05, 3.63) is 22.4 Å². The highest BCUT2D eigenvalue weighted by Crippen LogP contribution is 2.42. The van der Waals surface area contributed by atoms with Crippen LogP contribution in [-0.2, 0) is 0 Å². The Morgan fingerprint density at radius 1 is 1.28 bits per heavy atom. The molecule has 18 heavy (non-hydrogen) atoms. The van der Waals surface area contributed by atoms with Crippen LogP contribution < -0.4 is 5.32 Å². The van der Waals surface area contributed by atoms with E-state index in [1.54, 1.807) is 4.88 Å². The molecule has 1 nitrogen and oxygen atoms in total. The van der Waals surface area contributed by atoms with E-state index in [0.29, 0.717) is 6.04 Å². The van der Waals surface area contributed by atoms with E-state index >= 15 is 0 Å². The number of rotatable bonds is 9. The molecule has 0 amide bonds. The molecule has 0 radical (unpaired) electrons. The van der Waals surface area contributed by atoms with E-state index in [-0.39, 0.29) is 0 Å². The maximum absolute atomic E-state index is 3.96. The monoisotopic (exact) mass is 265 g/mol. The average molecular weight is 265 g/mol. The fourth-order valence-electron chi connectivity index (χ4n) is 2.71. The molecule has 1 heterocycles. The molecule has 1 N–H and O–H groups in total. The predicted octanol–water partition coefficient (Wildman–Crippen LogP) is 5.15. The molecule has 2 unspecified atom stereocenters. The number of nitrogens with one attached hydrogen (secondary N) is 1. The van der Waals surface area contributed by atoms with E-state index in [0.717, 1.165) is 12.0 Å². The Hall–Kier alpha value is -0.340. The summed E-state index contributed by atoms with van der Waals surface area (Å²) in [6, 6.07) is 5.86. The van der Waals surface area contributed by atoms with Crippen LogP contribution in [0.3, 0.4) is 0 Å². The first kappa shape index (κ1) is 14.1. The summed E-state index contributed by atoms with van der Waals surface area (Å²) in [4.78, 5) is 1.55. The molecule has 2 atom stereocenters. The van der Waals surface area contributed by atoms with E-state index < -0.39 is 0 Å². The summed E-state index contributed by atoms with van der Waals surface area (Å²) < 4.78 is 0. The molecule has 0 aliphatic heterocycles. The van der Waals surface area contributed by atoms with Gasteiger partial charge in [-0.1, -0.05) is 39.2 Å². The van der Waals surface area contributed by atoms with E-state index in [4.69, 9.17) is 0 Å². The van der Waals surface area contributed by atoms with Crippen molar-refractivity contribution in [2.45, 2.75) is 70.9 Å².